The predicted molar refractivity (Wildman–Crippen MR) is 74.9 cm³/mol. The van der Waals surface area contributed by atoms with Gasteiger partial charge < -0.3 is 15.6 Å². The molecule has 0 amide bonds. The first-order chi connectivity index (χ1) is 10.2. The van der Waals surface area contributed by atoms with Gasteiger partial charge in [0.05, 0.1) is 10.5 Å². The normalized spacial score (nSPS) is 13.0. The lowest BCUT2D eigenvalue weighted by Crippen LogP contribution is -2.17. The average Bonchev–Trinajstić information content (AvgIpc) is 2.43. The third-order valence-electron chi connectivity index (χ3n) is 2.91. The van der Waals surface area contributed by atoms with Gasteiger partial charge in [-0.3, -0.25) is 0 Å². The maximum Gasteiger partial charge on any atom is 0.573 e. The number of phenols is 1. The number of halogens is 5. The Hall–Kier alpha value is -1.80. The van der Waals surface area contributed by atoms with Gasteiger partial charge in [0.25, 0.3) is 0 Å². The van der Waals surface area contributed by atoms with Gasteiger partial charge in [0.2, 0.25) is 0 Å². The lowest BCUT2D eigenvalue weighted by Gasteiger charge is -2.16. The van der Waals surface area contributed by atoms with Crippen molar-refractivity contribution in [1.82, 2.24) is 0 Å². The van der Waals surface area contributed by atoms with E-state index in [0.717, 1.165) is 12.1 Å². The van der Waals surface area contributed by atoms with Crippen LogP contribution in [0.4, 0.5) is 17.6 Å². The lowest BCUT2D eigenvalue weighted by molar-refractivity contribution is -0.274. The van der Waals surface area contributed by atoms with Crippen LogP contribution in [0.1, 0.15) is 17.2 Å². The van der Waals surface area contributed by atoms with Crippen molar-refractivity contribution in [3.63, 3.8) is 0 Å². The fourth-order valence-corrected chi connectivity index (χ4v) is 2.18. The lowest BCUT2D eigenvalue weighted by atomic mass is 9.98. The Morgan fingerprint density at radius 3 is 2.23 bits per heavy atom. The maximum absolute atomic E-state index is 13.6. The molecule has 8 heteroatoms. The largest absolute Gasteiger partial charge is 0.573 e. The van der Waals surface area contributed by atoms with E-state index in [0.29, 0.717) is 5.56 Å². The molecule has 22 heavy (non-hydrogen) atoms. The van der Waals surface area contributed by atoms with Crippen LogP contribution in [0, 0.1) is 5.82 Å². The second-order valence-electron chi connectivity index (χ2n) is 4.39. The Balaban J connectivity index is 2.27. The molecule has 0 fully saturated rings. The second-order valence-corrected chi connectivity index (χ2v) is 5.25. The summed E-state index contributed by atoms with van der Waals surface area (Å²) in [6, 6.07) is 6.71. The van der Waals surface area contributed by atoms with Gasteiger partial charge in [0.1, 0.15) is 5.75 Å². The van der Waals surface area contributed by atoms with Crippen molar-refractivity contribution in [1.29, 1.82) is 0 Å². The average molecular weight is 380 g/mol. The molecular weight excluding hydrogens is 370 g/mol. The maximum atomic E-state index is 13.6. The SMILES string of the molecule is N[C@@H](c1ccc(OC(F)(F)F)cc1)c1ccc(Br)c(F)c1O. The van der Waals surface area contributed by atoms with Crippen molar-refractivity contribution in [2.75, 3.05) is 0 Å². The van der Waals surface area contributed by atoms with Gasteiger partial charge in [-0.1, -0.05) is 18.2 Å². The summed E-state index contributed by atoms with van der Waals surface area (Å²) in [7, 11) is 0. The molecule has 0 aliphatic carbocycles. The molecule has 0 heterocycles. The highest BCUT2D eigenvalue weighted by molar-refractivity contribution is 9.10. The van der Waals surface area contributed by atoms with E-state index in [1.165, 1.54) is 24.3 Å². The van der Waals surface area contributed by atoms with Crippen LogP contribution >= 0.6 is 15.9 Å². The zero-order valence-corrected chi connectivity index (χ0v) is 12.5. The summed E-state index contributed by atoms with van der Waals surface area (Å²) in [6.07, 6.45) is -4.78. The molecule has 0 saturated heterocycles. The molecular formula is C14H10BrF4NO2. The standard InChI is InChI=1S/C14H10BrF4NO2/c15-10-6-5-9(13(21)11(10)16)12(20)7-1-3-8(4-2-7)22-14(17,18)19/h1-6,12,21H,20H2/t12-/m0/s1. The molecule has 0 bridgehead atoms. The third-order valence-corrected chi connectivity index (χ3v) is 3.52. The molecule has 118 valence electrons. The fraction of sp³-hybridized carbons (Fsp3) is 0.143. The molecule has 0 radical (unpaired) electrons. The first-order valence-corrected chi connectivity index (χ1v) is 6.76. The number of alkyl halides is 3. The molecule has 2 aromatic carbocycles. The molecule has 3 nitrogen and oxygen atoms in total. The molecule has 0 unspecified atom stereocenters. The summed E-state index contributed by atoms with van der Waals surface area (Å²) in [5.74, 6) is -1.86. The van der Waals surface area contributed by atoms with E-state index in [9.17, 15) is 22.7 Å². The monoisotopic (exact) mass is 379 g/mol. The molecule has 2 aromatic rings. The molecule has 0 aliphatic heterocycles. The Bertz CT molecular complexity index is 674. The number of phenolic OH excluding ortho intramolecular Hbond substituents is 1. The molecule has 3 N–H and O–H groups in total. The van der Waals surface area contributed by atoms with Gasteiger partial charge in [-0.05, 0) is 39.7 Å². The topological polar surface area (TPSA) is 55.5 Å². The minimum absolute atomic E-state index is 0.0786. The summed E-state index contributed by atoms with van der Waals surface area (Å²) >= 11 is 2.92. The Morgan fingerprint density at radius 2 is 1.68 bits per heavy atom. The van der Waals surface area contributed by atoms with E-state index in [1.807, 2.05) is 0 Å². The first kappa shape index (κ1) is 16.6. The van der Waals surface area contributed by atoms with Crippen LogP contribution in [0.3, 0.4) is 0 Å². The Kier molecular flexibility index (Phi) is 4.62. The minimum atomic E-state index is -4.78. The van der Waals surface area contributed by atoms with Crippen molar-refractivity contribution >= 4 is 15.9 Å². The molecule has 1 atom stereocenters. The van der Waals surface area contributed by atoms with Crippen molar-refractivity contribution in [3.05, 3.63) is 57.8 Å². The summed E-state index contributed by atoms with van der Waals surface area (Å²) in [5, 5.41) is 9.76. The van der Waals surface area contributed by atoms with E-state index >= 15 is 0 Å². The Labute approximate surface area is 131 Å². The Morgan fingerprint density at radius 1 is 1.09 bits per heavy atom. The zero-order valence-electron chi connectivity index (χ0n) is 10.9. The molecule has 0 spiro atoms. The number of nitrogens with two attached hydrogens (primary N) is 1. The van der Waals surface area contributed by atoms with E-state index in [-0.39, 0.29) is 10.0 Å². The number of rotatable bonds is 3. The van der Waals surface area contributed by atoms with Crippen LogP contribution in [0.25, 0.3) is 0 Å². The van der Waals surface area contributed by atoms with Gasteiger partial charge in [0.15, 0.2) is 11.6 Å². The first-order valence-electron chi connectivity index (χ1n) is 5.97. The van der Waals surface area contributed by atoms with Crippen LogP contribution < -0.4 is 10.5 Å². The van der Waals surface area contributed by atoms with Crippen molar-refractivity contribution in [3.8, 4) is 11.5 Å². The highest BCUT2D eigenvalue weighted by Gasteiger charge is 2.31. The minimum Gasteiger partial charge on any atom is -0.505 e. The molecule has 0 aliphatic rings. The summed E-state index contributed by atoms with van der Waals surface area (Å²) < 4.78 is 53.7. The van der Waals surface area contributed by atoms with E-state index in [1.54, 1.807) is 0 Å². The van der Waals surface area contributed by atoms with Crippen LogP contribution in [0.5, 0.6) is 11.5 Å². The smallest absolute Gasteiger partial charge is 0.505 e. The fourth-order valence-electron chi connectivity index (χ4n) is 1.86. The number of hydrogen-bond donors (Lipinski definition) is 2. The van der Waals surface area contributed by atoms with E-state index < -0.39 is 29.7 Å². The highest BCUT2D eigenvalue weighted by Crippen LogP contribution is 2.34. The van der Waals surface area contributed by atoms with Crippen LogP contribution in [0.15, 0.2) is 40.9 Å². The zero-order chi connectivity index (χ0) is 16.5. The van der Waals surface area contributed by atoms with Gasteiger partial charge in [0, 0.05) is 5.56 Å². The van der Waals surface area contributed by atoms with E-state index in [2.05, 4.69) is 20.7 Å². The third kappa shape index (κ3) is 3.69. The second kappa shape index (κ2) is 6.13. The molecule has 0 aromatic heterocycles. The molecule has 0 saturated carbocycles. The quantitative estimate of drug-likeness (QED) is 0.784. The molecule has 2 rings (SSSR count). The van der Waals surface area contributed by atoms with Crippen LogP contribution in [-0.2, 0) is 0 Å². The van der Waals surface area contributed by atoms with Crippen molar-refractivity contribution < 1.29 is 27.4 Å². The number of benzene rings is 2. The summed E-state index contributed by atoms with van der Waals surface area (Å²) in [4.78, 5) is 0. The summed E-state index contributed by atoms with van der Waals surface area (Å²) in [5.41, 5.74) is 6.42. The highest BCUT2D eigenvalue weighted by atomic mass is 79.9. The number of aromatic hydroxyl groups is 1. The number of ether oxygens (including phenoxy) is 1. The number of hydrogen-bond acceptors (Lipinski definition) is 3. The van der Waals surface area contributed by atoms with Gasteiger partial charge >= 0.3 is 6.36 Å². The van der Waals surface area contributed by atoms with Crippen molar-refractivity contribution in [2.45, 2.75) is 12.4 Å². The van der Waals surface area contributed by atoms with Crippen LogP contribution in [0.2, 0.25) is 0 Å². The van der Waals surface area contributed by atoms with E-state index in [4.69, 9.17) is 5.73 Å². The van der Waals surface area contributed by atoms with Crippen LogP contribution in [-0.4, -0.2) is 11.5 Å². The van der Waals surface area contributed by atoms with Gasteiger partial charge in [-0.15, -0.1) is 13.2 Å². The predicted octanol–water partition coefficient (Wildman–Crippen LogP) is 4.24. The summed E-state index contributed by atoms with van der Waals surface area (Å²) in [6.45, 7) is 0. The van der Waals surface area contributed by atoms with Crippen molar-refractivity contribution in [2.24, 2.45) is 5.73 Å². The van der Waals surface area contributed by atoms with Gasteiger partial charge in [-0.25, -0.2) is 4.39 Å². The van der Waals surface area contributed by atoms with Gasteiger partial charge in [-0.2, -0.15) is 0 Å².